The molecule has 0 bridgehead atoms. The number of nitrogens with zero attached hydrogens (tertiary/aromatic N) is 3. The van der Waals surface area contributed by atoms with Crippen LogP contribution < -0.4 is 20.7 Å². The molecular formula is C23H22N4O6. The Labute approximate surface area is 188 Å². The minimum Gasteiger partial charge on any atom is -0.496 e. The number of aromatic amines is 1. The van der Waals surface area contributed by atoms with Crippen molar-refractivity contribution in [2.24, 2.45) is 5.10 Å². The molecule has 0 saturated heterocycles. The number of carbonyl (C=O) groups is 1. The molecule has 33 heavy (non-hydrogen) atoms. The van der Waals surface area contributed by atoms with Crippen LogP contribution in [-0.2, 0) is 4.79 Å². The Kier molecular flexibility index (Phi) is 5.74. The Balaban J connectivity index is 1.88. The second-order valence-corrected chi connectivity index (χ2v) is 7.34. The summed E-state index contributed by atoms with van der Waals surface area (Å²) >= 11 is 0. The molecule has 0 saturated carbocycles. The van der Waals surface area contributed by atoms with Crippen molar-refractivity contribution >= 4 is 11.6 Å². The summed E-state index contributed by atoms with van der Waals surface area (Å²) in [6.07, 6.45) is 0.126. The zero-order valence-electron chi connectivity index (χ0n) is 18.2. The largest absolute Gasteiger partial charge is 0.496 e. The van der Waals surface area contributed by atoms with E-state index in [9.17, 15) is 19.5 Å². The lowest BCUT2D eigenvalue weighted by molar-refractivity contribution is -0.130. The Bertz CT molecular complexity index is 1370. The summed E-state index contributed by atoms with van der Waals surface area (Å²) < 4.78 is 11.7. The molecule has 1 aliphatic rings. The standard InChI is InChI=1S/C23H22N4O6/c1-13(28)27-17(14-8-4-6-10-18(14)32-2)12-15(25-27)20-21(29)24-23(31)26(22(20)30)16-9-5-7-11-19(16)33-3/h4-11,17,30H,12H2,1-3H3,(H,24,29,31)/t17-/m0/s1. The van der Waals surface area contributed by atoms with E-state index in [1.54, 1.807) is 48.5 Å². The van der Waals surface area contributed by atoms with Gasteiger partial charge in [0.2, 0.25) is 11.8 Å². The number of amides is 1. The van der Waals surface area contributed by atoms with E-state index in [0.29, 0.717) is 17.1 Å². The number of H-pyrrole nitrogens is 1. The molecule has 1 aromatic heterocycles. The smallest absolute Gasteiger partial charge is 0.335 e. The van der Waals surface area contributed by atoms with Crippen molar-refractivity contribution in [2.75, 3.05) is 14.2 Å². The normalized spacial score (nSPS) is 15.3. The zero-order chi connectivity index (χ0) is 23.7. The van der Waals surface area contributed by atoms with Crippen molar-refractivity contribution in [1.29, 1.82) is 0 Å². The first kappa shape index (κ1) is 21.9. The molecule has 1 atom stereocenters. The van der Waals surface area contributed by atoms with Gasteiger partial charge in [-0.3, -0.25) is 14.6 Å². The molecule has 2 heterocycles. The number of methoxy groups -OCH3 is 2. The maximum Gasteiger partial charge on any atom is 0.335 e. The first-order valence-electron chi connectivity index (χ1n) is 10.1. The first-order valence-corrected chi connectivity index (χ1v) is 10.1. The average molecular weight is 450 g/mol. The van der Waals surface area contributed by atoms with Gasteiger partial charge in [0.05, 0.1) is 31.7 Å². The Morgan fingerprint density at radius 2 is 1.70 bits per heavy atom. The van der Waals surface area contributed by atoms with Crippen molar-refractivity contribution in [1.82, 2.24) is 14.6 Å². The molecule has 0 spiro atoms. The first-order chi connectivity index (χ1) is 15.9. The lowest BCUT2D eigenvalue weighted by Gasteiger charge is -2.22. The number of aromatic hydroxyl groups is 1. The Hall–Kier alpha value is -4.34. The number of carbonyl (C=O) groups excluding carboxylic acids is 1. The highest BCUT2D eigenvalue weighted by Crippen LogP contribution is 2.38. The van der Waals surface area contributed by atoms with Crippen LogP contribution >= 0.6 is 0 Å². The van der Waals surface area contributed by atoms with Crippen LogP contribution in [0.1, 0.15) is 30.5 Å². The molecule has 2 N–H and O–H groups in total. The summed E-state index contributed by atoms with van der Waals surface area (Å²) in [4.78, 5) is 40.0. The molecule has 170 valence electrons. The maximum absolute atomic E-state index is 12.8. The third-order valence-corrected chi connectivity index (χ3v) is 5.43. The topological polar surface area (TPSA) is 126 Å². The van der Waals surface area contributed by atoms with E-state index < -0.39 is 23.2 Å². The van der Waals surface area contributed by atoms with Gasteiger partial charge in [-0.15, -0.1) is 0 Å². The highest BCUT2D eigenvalue weighted by Gasteiger charge is 2.36. The fourth-order valence-electron chi connectivity index (χ4n) is 3.96. The quantitative estimate of drug-likeness (QED) is 0.612. The summed E-state index contributed by atoms with van der Waals surface area (Å²) in [7, 11) is 2.95. The number of para-hydroxylation sites is 3. The molecule has 2 aromatic carbocycles. The number of hydrogen-bond donors (Lipinski definition) is 2. The number of aromatic nitrogens is 2. The molecule has 1 amide bonds. The number of hydrazone groups is 1. The summed E-state index contributed by atoms with van der Waals surface area (Å²) in [6.45, 7) is 1.36. The molecule has 10 nitrogen and oxygen atoms in total. The van der Waals surface area contributed by atoms with Gasteiger partial charge in [0.25, 0.3) is 5.56 Å². The van der Waals surface area contributed by atoms with Gasteiger partial charge in [-0.1, -0.05) is 30.3 Å². The van der Waals surface area contributed by atoms with Crippen molar-refractivity contribution < 1.29 is 19.4 Å². The molecule has 0 aliphatic carbocycles. The number of nitrogens with one attached hydrogen (secondary N) is 1. The zero-order valence-corrected chi connectivity index (χ0v) is 18.2. The molecular weight excluding hydrogens is 428 g/mol. The van der Waals surface area contributed by atoms with E-state index in [-0.39, 0.29) is 29.3 Å². The molecule has 0 radical (unpaired) electrons. The van der Waals surface area contributed by atoms with Crippen molar-refractivity contribution in [3.63, 3.8) is 0 Å². The minimum atomic E-state index is -0.839. The predicted molar refractivity (Wildman–Crippen MR) is 120 cm³/mol. The fraction of sp³-hybridized carbons (Fsp3) is 0.217. The van der Waals surface area contributed by atoms with Crippen LogP contribution in [-0.4, -0.2) is 45.5 Å². The summed E-state index contributed by atoms with van der Waals surface area (Å²) in [6, 6.07) is 13.2. The van der Waals surface area contributed by atoms with Crippen LogP contribution in [0, 0.1) is 0 Å². The maximum atomic E-state index is 12.8. The summed E-state index contributed by atoms with van der Waals surface area (Å²) in [5, 5.41) is 16.6. The van der Waals surface area contributed by atoms with Gasteiger partial charge in [0, 0.05) is 18.9 Å². The van der Waals surface area contributed by atoms with E-state index in [0.717, 1.165) is 4.57 Å². The molecule has 0 fully saturated rings. The van der Waals surface area contributed by atoms with Gasteiger partial charge >= 0.3 is 5.69 Å². The SMILES string of the molecule is COc1ccccc1[C@@H]1CC(c2c(O)n(-c3ccccc3OC)c(=O)[nH]c2=O)=NN1C(C)=O. The van der Waals surface area contributed by atoms with Gasteiger partial charge in [-0.2, -0.15) is 5.10 Å². The van der Waals surface area contributed by atoms with Gasteiger partial charge in [-0.25, -0.2) is 14.4 Å². The third-order valence-electron chi connectivity index (χ3n) is 5.43. The van der Waals surface area contributed by atoms with E-state index >= 15 is 0 Å². The van der Waals surface area contributed by atoms with Crippen molar-refractivity contribution in [3.8, 4) is 23.1 Å². The van der Waals surface area contributed by atoms with Crippen LogP contribution in [0.25, 0.3) is 5.69 Å². The summed E-state index contributed by atoms with van der Waals surface area (Å²) in [5.41, 5.74) is -0.764. The van der Waals surface area contributed by atoms with Gasteiger partial charge in [-0.05, 0) is 18.2 Å². The fourth-order valence-corrected chi connectivity index (χ4v) is 3.96. The number of hydrogen-bond acceptors (Lipinski definition) is 7. The Morgan fingerprint density at radius 3 is 2.36 bits per heavy atom. The molecule has 0 unspecified atom stereocenters. The van der Waals surface area contributed by atoms with Gasteiger partial charge < -0.3 is 14.6 Å². The lowest BCUT2D eigenvalue weighted by Crippen LogP contribution is -2.33. The molecule has 3 aromatic rings. The lowest BCUT2D eigenvalue weighted by atomic mass is 9.98. The second-order valence-electron chi connectivity index (χ2n) is 7.34. The van der Waals surface area contributed by atoms with Crippen LogP contribution in [0.3, 0.4) is 0 Å². The van der Waals surface area contributed by atoms with Crippen LogP contribution in [0.15, 0.2) is 63.2 Å². The Morgan fingerprint density at radius 1 is 1.06 bits per heavy atom. The van der Waals surface area contributed by atoms with E-state index in [1.165, 1.54) is 26.2 Å². The molecule has 4 rings (SSSR count). The number of rotatable bonds is 5. The number of benzene rings is 2. The third kappa shape index (κ3) is 3.75. The second kappa shape index (κ2) is 8.65. The van der Waals surface area contributed by atoms with E-state index in [1.807, 2.05) is 0 Å². The van der Waals surface area contributed by atoms with Gasteiger partial charge in [0.15, 0.2) is 0 Å². The molecule has 1 aliphatic heterocycles. The monoisotopic (exact) mass is 450 g/mol. The van der Waals surface area contributed by atoms with Crippen molar-refractivity contribution in [2.45, 2.75) is 19.4 Å². The highest BCUT2D eigenvalue weighted by atomic mass is 16.5. The highest BCUT2D eigenvalue weighted by molar-refractivity contribution is 6.04. The van der Waals surface area contributed by atoms with E-state index in [2.05, 4.69) is 10.1 Å². The molecule has 10 heteroatoms. The summed E-state index contributed by atoms with van der Waals surface area (Å²) in [5.74, 6) is -0.0769. The van der Waals surface area contributed by atoms with Gasteiger partial charge in [0.1, 0.15) is 17.1 Å². The van der Waals surface area contributed by atoms with E-state index in [4.69, 9.17) is 9.47 Å². The number of ether oxygens (including phenoxy) is 2. The average Bonchev–Trinajstić information content (AvgIpc) is 3.24. The van der Waals surface area contributed by atoms with Crippen molar-refractivity contribution in [3.05, 3.63) is 80.5 Å². The van der Waals surface area contributed by atoms with Crippen LogP contribution in [0.2, 0.25) is 0 Å². The predicted octanol–water partition coefficient (Wildman–Crippen LogP) is 1.95. The van der Waals surface area contributed by atoms with Crippen LogP contribution in [0.4, 0.5) is 0 Å². The minimum absolute atomic E-state index is 0.126. The van der Waals surface area contributed by atoms with Crippen LogP contribution in [0.5, 0.6) is 17.4 Å².